The molecule has 4 nitrogen and oxygen atoms in total. The summed E-state index contributed by atoms with van der Waals surface area (Å²) < 4.78 is 5.17. The van der Waals surface area contributed by atoms with Crippen LogP contribution in [0.5, 0.6) is 0 Å². The van der Waals surface area contributed by atoms with Crippen molar-refractivity contribution in [3.63, 3.8) is 0 Å². The van der Waals surface area contributed by atoms with Gasteiger partial charge in [0.1, 0.15) is 6.10 Å². The second-order valence-electron chi connectivity index (χ2n) is 4.78. The second-order valence-corrected chi connectivity index (χ2v) is 4.78. The van der Waals surface area contributed by atoms with Crippen LogP contribution in [0.3, 0.4) is 0 Å². The first-order valence-corrected chi connectivity index (χ1v) is 6.75. The number of aliphatic hydroxyl groups is 1. The molecule has 0 aliphatic rings. The highest BCUT2D eigenvalue weighted by Gasteiger charge is 2.14. The van der Waals surface area contributed by atoms with E-state index in [2.05, 4.69) is 29.2 Å². The van der Waals surface area contributed by atoms with Gasteiger partial charge >= 0.3 is 0 Å². The molecule has 1 atom stereocenters. The van der Waals surface area contributed by atoms with Crippen LogP contribution >= 0.6 is 0 Å². The molecule has 19 heavy (non-hydrogen) atoms. The van der Waals surface area contributed by atoms with Crippen LogP contribution in [0.2, 0.25) is 0 Å². The lowest BCUT2D eigenvalue weighted by atomic mass is 10.0. The van der Waals surface area contributed by atoms with Crippen molar-refractivity contribution in [2.75, 3.05) is 0 Å². The second kappa shape index (κ2) is 6.48. The molecular formula is C15H20N2O2. The summed E-state index contributed by atoms with van der Waals surface area (Å²) in [7, 11) is 0. The first kappa shape index (κ1) is 13.7. The van der Waals surface area contributed by atoms with E-state index in [9.17, 15) is 5.11 Å². The summed E-state index contributed by atoms with van der Waals surface area (Å²) >= 11 is 0. The van der Waals surface area contributed by atoms with Crippen molar-refractivity contribution in [3.05, 3.63) is 47.1 Å². The molecule has 1 aromatic heterocycles. The Hall–Kier alpha value is -1.68. The highest BCUT2D eigenvalue weighted by molar-refractivity contribution is 5.25. The van der Waals surface area contributed by atoms with Crippen molar-refractivity contribution in [1.82, 2.24) is 10.1 Å². The topological polar surface area (TPSA) is 59.2 Å². The average molecular weight is 260 g/mol. The fraction of sp³-hybridized carbons (Fsp3) is 0.467. The molecule has 102 valence electrons. The molecule has 0 radical (unpaired) electrons. The van der Waals surface area contributed by atoms with Gasteiger partial charge in [0.15, 0.2) is 5.82 Å². The van der Waals surface area contributed by atoms with Crippen molar-refractivity contribution in [1.29, 1.82) is 0 Å². The van der Waals surface area contributed by atoms with E-state index >= 15 is 0 Å². The summed E-state index contributed by atoms with van der Waals surface area (Å²) in [5.74, 6) is 0.995. The van der Waals surface area contributed by atoms with Crippen molar-refractivity contribution in [2.24, 2.45) is 0 Å². The molecule has 1 unspecified atom stereocenters. The van der Waals surface area contributed by atoms with E-state index in [0.717, 1.165) is 12.8 Å². The normalized spacial score (nSPS) is 12.6. The lowest BCUT2D eigenvalue weighted by molar-refractivity contribution is 0.152. The van der Waals surface area contributed by atoms with Crippen LogP contribution < -0.4 is 0 Å². The van der Waals surface area contributed by atoms with Gasteiger partial charge < -0.3 is 9.63 Å². The van der Waals surface area contributed by atoms with Crippen molar-refractivity contribution >= 4 is 0 Å². The Balaban J connectivity index is 1.95. The van der Waals surface area contributed by atoms with Gasteiger partial charge in [-0.1, -0.05) is 42.8 Å². The predicted octanol–water partition coefficient (Wildman–Crippen LogP) is 3.00. The molecule has 0 aliphatic carbocycles. The highest BCUT2D eigenvalue weighted by Crippen LogP contribution is 2.16. The quantitative estimate of drug-likeness (QED) is 0.867. The Morgan fingerprint density at radius 3 is 2.79 bits per heavy atom. The van der Waals surface area contributed by atoms with Crippen molar-refractivity contribution in [3.8, 4) is 0 Å². The van der Waals surface area contributed by atoms with E-state index in [1.807, 2.05) is 19.1 Å². The van der Waals surface area contributed by atoms with Gasteiger partial charge in [0.05, 0.1) is 0 Å². The number of nitrogens with zero attached hydrogens (tertiary/aromatic N) is 2. The molecule has 0 saturated heterocycles. The fourth-order valence-corrected chi connectivity index (χ4v) is 2.04. The summed E-state index contributed by atoms with van der Waals surface area (Å²) in [5.41, 5.74) is 2.56. The number of aryl methyl sites for hydroxylation is 3. The van der Waals surface area contributed by atoms with Crippen molar-refractivity contribution in [2.45, 2.75) is 45.6 Å². The molecular weight excluding hydrogens is 240 g/mol. The summed E-state index contributed by atoms with van der Waals surface area (Å²) in [4.78, 5) is 4.25. The number of hydrogen-bond acceptors (Lipinski definition) is 4. The molecule has 0 spiro atoms. The number of aromatic nitrogens is 2. The van der Waals surface area contributed by atoms with E-state index in [0.29, 0.717) is 24.6 Å². The lowest BCUT2D eigenvalue weighted by Crippen LogP contribution is -2.00. The van der Waals surface area contributed by atoms with Crippen LogP contribution in [0.4, 0.5) is 0 Å². The van der Waals surface area contributed by atoms with Gasteiger partial charge in [-0.05, 0) is 30.9 Å². The minimum Gasteiger partial charge on any atom is -0.385 e. The van der Waals surface area contributed by atoms with E-state index in [-0.39, 0.29) is 0 Å². The maximum atomic E-state index is 9.78. The third-order valence-corrected chi connectivity index (χ3v) is 3.21. The van der Waals surface area contributed by atoms with Gasteiger partial charge in [-0.15, -0.1) is 0 Å². The summed E-state index contributed by atoms with van der Waals surface area (Å²) in [5, 5.41) is 13.6. The molecule has 1 heterocycles. The van der Waals surface area contributed by atoms with Gasteiger partial charge in [-0.3, -0.25) is 0 Å². The van der Waals surface area contributed by atoms with E-state index in [1.54, 1.807) is 0 Å². The van der Waals surface area contributed by atoms with Crippen LogP contribution in [-0.4, -0.2) is 15.2 Å². The molecule has 0 fully saturated rings. The monoisotopic (exact) mass is 260 g/mol. The fourth-order valence-electron chi connectivity index (χ4n) is 2.04. The van der Waals surface area contributed by atoms with Gasteiger partial charge in [0.25, 0.3) is 0 Å². The Kier molecular flexibility index (Phi) is 4.68. The summed E-state index contributed by atoms with van der Waals surface area (Å²) in [6.07, 6.45) is 2.53. The lowest BCUT2D eigenvalue weighted by Gasteiger charge is -2.02. The molecule has 0 saturated carbocycles. The average Bonchev–Trinajstić information content (AvgIpc) is 2.87. The van der Waals surface area contributed by atoms with Crippen LogP contribution in [0.25, 0.3) is 0 Å². The van der Waals surface area contributed by atoms with Crippen LogP contribution in [0.1, 0.15) is 48.7 Å². The summed E-state index contributed by atoms with van der Waals surface area (Å²) in [6.45, 7) is 4.11. The van der Waals surface area contributed by atoms with Crippen LogP contribution in [0.15, 0.2) is 28.8 Å². The van der Waals surface area contributed by atoms with Gasteiger partial charge in [0.2, 0.25) is 5.89 Å². The van der Waals surface area contributed by atoms with Gasteiger partial charge in [0, 0.05) is 6.42 Å². The smallest absolute Gasteiger partial charge is 0.227 e. The molecule has 4 heteroatoms. The maximum absolute atomic E-state index is 9.78. The molecule has 1 N–H and O–H groups in total. The Morgan fingerprint density at radius 1 is 1.26 bits per heavy atom. The first-order valence-electron chi connectivity index (χ1n) is 6.75. The number of benzene rings is 1. The Labute approximate surface area is 113 Å². The maximum Gasteiger partial charge on any atom is 0.227 e. The summed E-state index contributed by atoms with van der Waals surface area (Å²) in [6, 6.07) is 8.27. The highest BCUT2D eigenvalue weighted by atomic mass is 16.5. The minimum atomic E-state index is -0.610. The van der Waals surface area contributed by atoms with E-state index in [4.69, 9.17) is 4.52 Å². The van der Waals surface area contributed by atoms with Gasteiger partial charge in [-0.2, -0.15) is 4.98 Å². The number of rotatable bonds is 6. The van der Waals surface area contributed by atoms with Crippen molar-refractivity contribution < 1.29 is 9.63 Å². The third-order valence-electron chi connectivity index (χ3n) is 3.21. The number of hydrogen-bond donors (Lipinski definition) is 1. The molecule has 0 amide bonds. The largest absolute Gasteiger partial charge is 0.385 e. The molecule has 0 aliphatic heterocycles. The molecule has 2 aromatic rings. The predicted molar refractivity (Wildman–Crippen MR) is 72.8 cm³/mol. The number of aliphatic hydroxyl groups excluding tert-OH is 1. The van der Waals surface area contributed by atoms with Crippen LogP contribution in [-0.2, 0) is 12.8 Å². The molecule has 2 rings (SSSR count). The van der Waals surface area contributed by atoms with Crippen LogP contribution in [0, 0.1) is 6.92 Å². The zero-order chi connectivity index (χ0) is 13.7. The van der Waals surface area contributed by atoms with E-state index < -0.39 is 6.10 Å². The molecule has 1 aromatic carbocycles. The standard InChI is InChI=1S/C15H20N2O2/c1-3-6-13(18)15-16-14(19-17-15)10-9-12-8-5-4-7-11(12)2/h4-5,7-8,13,18H,3,6,9-10H2,1-2H3. The zero-order valence-electron chi connectivity index (χ0n) is 11.5. The Morgan fingerprint density at radius 2 is 2.05 bits per heavy atom. The zero-order valence-corrected chi connectivity index (χ0v) is 11.5. The first-order chi connectivity index (χ1) is 9.20. The third kappa shape index (κ3) is 3.64. The SMILES string of the molecule is CCCC(O)c1noc(CCc2ccccc2C)n1. The minimum absolute atomic E-state index is 0.404. The van der Waals surface area contributed by atoms with Gasteiger partial charge in [-0.25, -0.2) is 0 Å². The Bertz CT molecular complexity index is 522. The molecule has 0 bridgehead atoms. The van der Waals surface area contributed by atoms with E-state index in [1.165, 1.54) is 11.1 Å².